The van der Waals surface area contributed by atoms with Crippen LogP contribution in [-0.2, 0) is 4.74 Å². The summed E-state index contributed by atoms with van der Waals surface area (Å²) >= 11 is 0. The molecule has 31 heavy (non-hydrogen) atoms. The average Bonchev–Trinajstić information content (AvgIpc) is 2.90. The minimum atomic E-state index is -3.83. The van der Waals surface area contributed by atoms with Crippen molar-refractivity contribution >= 4 is 11.7 Å². The number of rotatable bonds is 4. The lowest BCUT2D eigenvalue weighted by atomic mass is 10.1. The van der Waals surface area contributed by atoms with Crippen molar-refractivity contribution in [2.75, 3.05) is 25.1 Å². The van der Waals surface area contributed by atoms with E-state index < -0.39 is 42.6 Å². The molecular weight excluding hydrogens is 420 g/mol. The van der Waals surface area contributed by atoms with Crippen LogP contribution in [0.25, 0.3) is 0 Å². The Kier molecular flexibility index (Phi) is 5.60. The van der Waals surface area contributed by atoms with Crippen molar-refractivity contribution in [2.24, 2.45) is 0 Å². The summed E-state index contributed by atoms with van der Waals surface area (Å²) < 4.78 is 44.9. The van der Waals surface area contributed by atoms with Crippen molar-refractivity contribution in [1.29, 1.82) is 0 Å². The maximum absolute atomic E-state index is 14.2. The maximum Gasteiger partial charge on any atom is 0.351 e. The van der Waals surface area contributed by atoms with E-state index in [1.54, 1.807) is 6.07 Å². The number of amides is 1. The van der Waals surface area contributed by atoms with Crippen LogP contribution in [0, 0.1) is 0 Å². The number of aliphatic hydroxyl groups excluding tert-OH is 2. The standard InChI is InChI=1S/C19H19F2N3O7/c20-19(21)15(26)13(9-25)31-17(19)24-5-4-14(23-18(24)28)22-16(27)10-2-3-11-12(8-10)30-7-1-6-29-11/h2-5,8,13,15,17,25-26H,1,6-7,9H2,(H,22,23,27,28). The molecule has 3 N–H and O–H groups in total. The number of aliphatic hydroxyl groups is 2. The van der Waals surface area contributed by atoms with E-state index in [1.165, 1.54) is 12.1 Å². The van der Waals surface area contributed by atoms with E-state index in [2.05, 4.69) is 10.3 Å². The normalized spacial score (nSPS) is 24.5. The van der Waals surface area contributed by atoms with E-state index >= 15 is 0 Å². The highest BCUT2D eigenvalue weighted by Crippen LogP contribution is 2.42. The van der Waals surface area contributed by atoms with E-state index in [1.807, 2.05) is 0 Å². The van der Waals surface area contributed by atoms with Crippen molar-refractivity contribution in [3.8, 4) is 11.5 Å². The lowest BCUT2D eigenvalue weighted by Gasteiger charge is -2.21. The number of alkyl halides is 2. The molecule has 0 aliphatic carbocycles. The fourth-order valence-electron chi connectivity index (χ4n) is 3.27. The number of halogens is 2. The first-order chi connectivity index (χ1) is 14.8. The fourth-order valence-corrected chi connectivity index (χ4v) is 3.27. The summed E-state index contributed by atoms with van der Waals surface area (Å²) in [6, 6.07) is 5.72. The number of carbonyl (C=O) groups is 1. The predicted molar refractivity (Wildman–Crippen MR) is 100 cm³/mol. The molecule has 166 valence electrons. The van der Waals surface area contributed by atoms with E-state index in [0.717, 1.165) is 12.3 Å². The Morgan fingerprint density at radius 3 is 2.68 bits per heavy atom. The quantitative estimate of drug-likeness (QED) is 0.629. The Balaban J connectivity index is 1.52. The zero-order valence-electron chi connectivity index (χ0n) is 16.0. The zero-order chi connectivity index (χ0) is 22.2. The van der Waals surface area contributed by atoms with Gasteiger partial charge in [-0.3, -0.25) is 9.36 Å². The molecule has 3 heterocycles. The minimum Gasteiger partial charge on any atom is -0.490 e. The van der Waals surface area contributed by atoms with Crippen LogP contribution in [0.5, 0.6) is 11.5 Å². The van der Waals surface area contributed by atoms with Gasteiger partial charge in [0.2, 0.25) is 6.23 Å². The maximum atomic E-state index is 14.2. The molecule has 1 amide bonds. The first-order valence-electron chi connectivity index (χ1n) is 9.43. The number of nitrogens with one attached hydrogen (secondary N) is 1. The number of fused-ring (bicyclic) bond motifs is 1. The van der Waals surface area contributed by atoms with Gasteiger partial charge in [0.1, 0.15) is 11.9 Å². The molecule has 2 aliphatic heterocycles. The molecule has 0 spiro atoms. The molecule has 1 aromatic heterocycles. The van der Waals surface area contributed by atoms with E-state index in [9.17, 15) is 23.5 Å². The Morgan fingerprint density at radius 1 is 1.26 bits per heavy atom. The molecule has 2 aromatic rings. The smallest absolute Gasteiger partial charge is 0.351 e. The van der Waals surface area contributed by atoms with Gasteiger partial charge in [-0.15, -0.1) is 0 Å². The molecule has 0 radical (unpaired) electrons. The van der Waals surface area contributed by atoms with Crippen LogP contribution in [0.3, 0.4) is 0 Å². The number of aromatic nitrogens is 2. The van der Waals surface area contributed by atoms with Crippen LogP contribution in [0.1, 0.15) is 23.0 Å². The van der Waals surface area contributed by atoms with Crippen molar-refractivity contribution in [3.05, 3.63) is 46.5 Å². The molecule has 0 bridgehead atoms. The number of hydrogen-bond acceptors (Lipinski definition) is 8. The van der Waals surface area contributed by atoms with Gasteiger partial charge in [-0.05, 0) is 24.3 Å². The SMILES string of the molecule is O=C(Nc1ccn(C2OC(CO)C(O)C2(F)F)c(=O)n1)c1ccc2c(c1)OCCCO2. The van der Waals surface area contributed by atoms with Crippen LogP contribution < -0.4 is 20.5 Å². The largest absolute Gasteiger partial charge is 0.490 e. The van der Waals surface area contributed by atoms with Crippen molar-refractivity contribution in [1.82, 2.24) is 9.55 Å². The summed E-state index contributed by atoms with van der Waals surface area (Å²) in [5, 5.41) is 21.1. The number of nitrogens with zero attached hydrogens (tertiary/aromatic N) is 2. The molecule has 10 nitrogen and oxygen atoms in total. The number of ether oxygens (including phenoxy) is 3. The molecule has 4 rings (SSSR count). The topological polar surface area (TPSA) is 132 Å². The van der Waals surface area contributed by atoms with Gasteiger partial charge in [-0.1, -0.05) is 0 Å². The first kappa shape index (κ1) is 21.2. The Labute approximate surface area is 174 Å². The highest BCUT2D eigenvalue weighted by atomic mass is 19.3. The fraction of sp³-hybridized carbons (Fsp3) is 0.421. The summed E-state index contributed by atoms with van der Waals surface area (Å²) in [4.78, 5) is 28.4. The van der Waals surface area contributed by atoms with Gasteiger partial charge in [0.15, 0.2) is 17.6 Å². The molecule has 1 aromatic carbocycles. The molecule has 1 saturated heterocycles. The van der Waals surface area contributed by atoms with Gasteiger partial charge in [-0.25, -0.2) is 4.79 Å². The van der Waals surface area contributed by atoms with E-state index in [0.29, 0.717) is 35.7 Å². The molecule has 2 aliphatic rings. The number of anilines is 1. The molecule has 3 atom stereocenters. The van der Waals surface area contributed by atoms with Crippen molar-refractivity contribution in [2.45, 2.75) is 30.8 Å². The molecule has 1 fully saturated rings. The number of carbonyl (C=O) groups excluding carboxylic acids is 1. The van der Waals surface area contributed by atoms with Crippen LogP contribution in [0.4, 0.5) is 14.6 Å². The lowest BCUT2D eigenvalue weighted by Crippen LogP contribution is -2.41. The second-order valence-corrected chi connectivity index (χ2v) is 7.00. The van der Waals surface area contributed by atoms with E-state index in [4.69, 9.17) is 19.3 Å². The van der Waals surface area contributed by atoms with Crippen molar-refractivity contribution in [3.63, 3.8) is 0 Å². The third-order valence-corrected chi connectivity index (χ3v) is 4.89. The minimum absolute atomic E-state index is 0.168. The summed E-state index contributed by atoms with van der Waals surface area (Å²) in [5.74, 6) is -3.67. The summed E-state index contributed by atoms with van der Waals surface area (Å²) in [7, 11) is 0. The highest BCUT2D eigenvalue weighted by molar-refractivity contribution is 6.04. The molecule has 3 unspecified atom stereocenters. The molecule has 0 saturated carbocycles. The van der Waals surface area contributed by atoms with Gasteiger partial charge in [0.05, 0.1) is 19.8 Å². The second-order valence-electron chi connectivity index (χ2n) is 7.00. The van der Waals surface area contributed by atoms with Gasteiger partial charge >= 0.3 is 11.6 Å². The lowest BCUT2D eigenvalue weighted by molar-refractivity contribution is -0.140. The molecule has 12 heteroatoms. The van der Waals surface area contributed by atoms with E-state index in [-0.39, 0.29) is 11.4 Å². The summed E-state index contributed by atoms with van der Waals surface area (Å²) in [6.45, 7) is 0.0925. The highest BCUT2D eigenvalue weighted by Gasteiger charge is 2.59. The van der Waals surface area contributed by atoms with Crippen LogP contribution in [0.2, 0.25) is 0 Å². The van der Waals surface area contributed by atoms with Crippen LogP contribution >= 0.6 is 0 Å². The Morgan fingerprint density at radius 2 is 2.00 bits per heavy atom. The zero-order valence-corrected chi connectivity index (χ0v) is 16.0. The average molecular weight is 439 g/mol. The van der Waals surface area contributed by atoms with Gasteiger partial charge < -0.3 is 29.7 Å². The summed E-state index contributed by atoms with van der Waals surface area (Å²) in [6.07, 6.45) is -4.31. The predicted octanol–water partition coefficient (Wildman–Crippen LogP) is 0.543. The van der Waals surface area contributed by atoms with Crippen LogP contribution in [0.15, 0.2) is 35.3 Å². The monoisotopic (exact) mass is 439 g/mol. The number of benzene rings is 1. The summed E-state index contributed by atoms with van der Waals surface area (Å²) in [5.41, 5.74) is -0.915. The first-order valence-corrected chi connectivity index (χ1v) is 9.43. The number of hydrogen-bond donors (Lipinski definition) is 3. The third kappa shape index (κ3) is 3.96. The van der Waals surface area contributed by atoms with Gasteiger partial charge in [0, 0.05) is 18.2 Å². The van der Waals surface area contributed by atoms with Crippen LogP contribution in [-0.4, -0.2) is 63.6 Å². The Hall–Kier alpha value is -3.09. The third-order valence-electron chi connectivity index (χ3n) is 4.89. The van der Waals surface area contributed by atoms with Crippen molar-refractivity contribution < 1.29 is 38.0 Å². The van der Waals surface area contributed by atoms with Gasteiger partial charge in [0.25, 0.3) is 5.91 Å². The molecular formula is C19H19F2N3O7. The second kappa shape index (κ2) is 8.21. The Bertz CT molecular complexity index is 1050. The van der Waals surface area contributed by atoms with Gasteiger partial charge in [-0.2, -0.15) is 13.8 Å².